The number of halogens is 3. The largest absolute Gasteiger partial charge is 0.276 e. The molecule has 0 bridgehead atoms. The van der Waals surface area contributed by atoms with Crippen LogP contribution in [-0.4, -0.2) is 20.4 Å². The third-order valence-electron chi connectivity index (χ3n) is 3.26. The maximum atomic E-state index is 4.50. The summed E-state index contributed by atoms with van der Waals surface area (Å²) in [6, 6.07) is 10.6. The highest BCUT2D eigenvalue weighted by Gasteiger charge is 2.31. The molecule has 0 aliphatic heterocycles. The smallest absolute Gasteiger partial charge is 0.0633 e. The molecule has 0 saturated carbocycles. The van der Waals surface area contributed by atoms with Gasteiger partial charge in [0, 0.05) is 40.2 Å². The summed E-state index contributed by atoms with van der Waals surface area (Å²) >= 11 is 10.8. The normalized spacial score (nSPS) is 11.8. The third-order valence-corrected chi connectivity index (χ3v) is 5.93. The molecule has 5 heteroatoms. The molecule has 0 spiro atoms. The molecule has 2 rings (SSSR count). The Morgan fingerprint density at radius 2 is 1.74 bits per heavy atom. The summed E-state index contributed by atoms with van der Waals surface area (Å²) in [7, 11) is 1.95. The second-order valence-corrected chi connectivity index (χ2v) is 6.75. The van der Waals surface area contributed by atoms with Gasteiger partial charge in [-0.05, 0) is 23.8 Å². The number of aromatic nitrogens is 2. The second-order valence-electron chi connectivity index (χ2n) is 4.71. The quantitative estimate of drug-likeness (QED) is 0.615. The zero-order valence-electron chi connectivity index (χ0n) is 10.6. The van der Waals surface area contributed by atoms with Crippen molar-refractivity contribution in [2.75, 3.05) is 10.7 Å². The Bertz CT molecular complexity index is 530. The van der Waals surface area contributed by atoms with Gasteiger partial charge in [-0.1, -0.05) is 59.9 Å². The van der Waals surface area contributed by atoms with Gasteiger partial charge in [-0.3, -0.25) is 4.68 Å². The minimum absolute atomic E-state index is 0.0229. The number of aryl methyl sites for hydroxylation is 1. The first-order valence-electron chi connectivity index (χ1n) is 5.96. The summed E-state index contributed by atoms with van der Waals surface area (Å²) in [6.45, 7) is 0. The SMILES string of the molecule is Cn1ccc(CC(CBr)(CBr)c2ccc(Br)cc2)n1. The fourth-order valence-corrected chi connectivity index (χ4v) is 4.33. The van der Waals surface area contributed by atoms with Crippen LogP contribution in [0.4, 0.5) is 0 Å². The van der Waals surface area contributed by atoms with Gasteiger partial charge in [0.05, 0.1) is 5.69 Å². The molecule has 1 heterocycles. The first-order chi connectivity index (χ1) is 9.09. The molecular weight excluding hydrogens is 436 g/mol. The van der Waals surface area contributed by atoms with Crippen molar-refractivity contribution in [3.8, 4) is 0 Å². The van der Waals surface area contributed by atoms with Crippen LogP contribution in [0.15, 0.2) is 41.0 Å². The first kappa shape index (κ1) is 15.3. The molecule has 0 N–H and O–H groups in total. The summed E-state index contributed by atoms with van der Waals surface area (Å²) < 4.78 is 2.96. The maximum Gasteiger partial charge on any atom is 0.0633 e. The average Bonchev–Trinajstić information content (AvgIpc) is 2.82. The van der Waals surface area contributed by atoms with Crippen LogP contribution in [0, 0.1) is 0 Å². The summed E-state index contributed by atoms with van der Waals surface area (Å²) in [5.41, 5.74) is 2.45. The molecule has 2 aromatic rings. The lowest BCUT2D eigenvalue weighted by Gasteiger charge is -2.30. The van der Waals surface area contributed by atoms with Gasteiger partial charge in [0.1, 0.15) is 0 Å². The van der Waals surface area contributed by atoms with Crippen LogP contribution in [0.2, 0.25) is 0 Å². The minimum Gasteiger partial charge on any atom is -0.276 e. The van der Waals surface area contributed by atoms with Crippen LogP contribution >= 0.6 is 47.8 Å². The van der Waals surface area contributed by atoms with Crippen molar-refractivity contribution in [3.05, 3.63) is 52.3 Å². The van der Waals surface area contributed by atoms with Crippen molar-refractivity contribution >= 4 is 47.8 Å². The zero-order chi connectivity index (χ0) is 13.9. The van der Waals surface area contributed by atoms with E-state index in [2.05, 4.69) is 83.2 Å². The van der Waals surface area contributed by atoms with E-state index < -0.39 is 0 Å². The van der Waals surface area contributed by atoms with E-state index in [1.807, 2.05) is 17.9 Å². The molecule has 0 unspecified atom stereocenters. The van der Waals surface area contributed by atoms with Crippen molar-refractivity contribution in [1.82, 2.24) is 9.78 Å². The van der Waals surface area contributed by atoms with E-state index in [-0.39, 0.29) is 5.41 Å². The van der Waals surface area contributed by atoms with Crippen LogP contribution in [0.1, 0.15) is 11.3 Å². The number of benzene rings is 1. The Balaban J connectivity index is 2.33. The highest BCUT2D eigenvalue weighted by molar-refractivity contribution is 9.10. The summed E-state index contributed by atoms with van der Waals surface area (Å²) in [4.78, 5) is 0. The highest BCUT2D eigenvalue weighted by Crippen LogP contribution is 2.33. The molecule has 0 fully saturated rings. The summed E-state index contributed by atoms with van der Waals surface area (Å²) in [5, 5.41) is 6.28. The van der Waals surface area contributed by atoms with Gasteiger partial charge in [0.25, 0.3) is 0 Å². The monoisotopic (exact) mass is 448 g/mol. The van der Waals surface area contributed by atoms with Gasteiger partial charge >= 0.3 is 0 Å². The van der Waals surface area contributed by atoms with Crippen molar-refractivity contribution in [2.24, 2.45) is 7.05 Å². The average molecular weight is 451 g/mol. The van der Waals surface area contributed by atoms with Crippen LogP contribution in [0.25, 0.3) is 0 Å². The lowest BCUT2D eigenvalue weighted by Crippen LogP contribution is -2.33. The van der Waals surface area contributed by atoms with E-state index in [1.165, 1.54) is 5.56 Å². The Kier molecular flexibility index (Phi) is 5.26. The molecule has 1 aromatic heterocycles. The van der Waals surface area contributed by atoms with E-state index in [1.54, 1.807) is 0 Å². The van der Waals surface area contributed by atoms with Gasteiger partial charge in [0.2, 0.25) is 0 Å². The third kappa shape index (κ3) is 3.50. The van der Waals surface area contributed by atoms with Gasteiger partial charge in [-0.2, -0.15) is 5.10 Å². The van der Waals surface area contributed by atoms with E-state index >= 15 is 0 Å². The Labute approximate surface area is 139 Å². The molecule has 19 heavy (non-hydrogen) atoms. The van der Waals surface area contributed by atoms with Crippen LogP contribution in [-0.2, 0) is 18.9 Å². The predicted octanol–water partition coefficient (Wildman–Crippen LogP) is 4.45. The molecule has 0 saturated heterocycles. The van der Waals surface area contributed by atoms with E-state index in [0.717, 1.165) is 27.2 Å². The Hall–Kier alpha value is -0.130. The van der Waals surface area contributed by atoms with E-state index in [9.17, 15) is 0 Å². The predicted molar refractivity (Wildman–Crippen MR) is 90.3 cm³/mol. The highest BCUT2D eigenvalue weighted by atomic mass is 79.9. The van der Waals surface area contributed by atoms with Crippen LogP contribution in [0.5, 0.6) is 0 Å². The number of rotatable bonds is 5. The molecule has 0 aliphatic rings. The van der Waals surface area contributed by atoms with E-state index in [4.69, 9.17) is 0 Å². The van der Waals surface area contributed by atoms with Crippen molar-refractivity contribution in [3.63, 3.8) is 0 Å². The van der Waals surface area contributed by atoms with Gasteiger partial charge in [0.15, 0.2) is 0 Å². The lowest BCUT2D eigenvalue weighted by atomic mass is 9.80. The van der Waals surface area contributed by atoms with Crippen LogP contribution < -0.4 is 0 Å². The minimum atomic E-state index is 0.0229. The Morgan fingerprint density at radius 1 is 1.11 bits per heavy atom. The second kappa shape index (κ2) is 6.55. The maximum absolute atomic E-state index is 4.50. The fraction of sp³-hybridized carbons (Fsp3) is 0.357. The summed E-state index contributed by atoms with van der Waals surface area (Å²) in [5.74, 6) is 0. The molecule has 102 valence electrons. The van der Waals surface area contributed by atoms with Gasteiger partial charge in [-0.15, -0.1) is 0 Å². The summed E-state index contributed by atoms with van der Waals surface area (Å²) in [6.07, 6.45) is 2.90. The molecule has 0 radical (unpaired) electrons. The number of alkyl halides is 2. The molecule has 0 aliphatic carbocycles. The molecule has 1 aromatic carbocycles. The number of hydrogen-bond acceptors (Lipinski definition) is 1. The Morgan fingerprint density at radius 3 is 2.21 bits per heavy atom. The van der Waals surface area contributed by atoms with Crippen molar-refractivity contribution in [1.29, 1.82) is 0 Å². The van der Waals surface area contributed by atoms with Gasteiger partial charge in [-0.25, -0.2) is 0 Å². The van der Waals surface area contributed by atoms with Gasteiger partial charge < -0.3 is 0 Å². The number of nitrogens with zero attached hydrogens (tertiary/aromatic N) is 2. The molecule has 2 nitrogen and oxygen atoms in total. The first-order valence-corrected chi connectivity index (χ1v) is 9.00. The topological polar surface area (TPSA) is 17.8 Å². The lowest BCUT2D eigenvalue weighted by molar-refractivity contribution is 0.537. The molecule has 0 atom stereocenters. The zero-order valence-corrected chi connectivity index (χ0v) is 15.4. The van der Waals surface area contributed by atoms with Crippen LogP contribution in [0.3, 0.4) is 0 Å². The number of hydrogen-bond donors (Lipinski definition) is 0. The van der Waals surface area contributed by atoms with E-state index in [0.29, 0.717) is 0 Å². The fourth-order valence-electron chi connectivity index (χ4n) is 2.09. The molecule has 0 amide bonds. The van der Waals surface area contributed by atoms with Crippen molar-refractivity contribution in [2.45, 2.75) is 11.8 Å². The standard InChI is InChI=1S/C14H15Br3N2/c1-19-7-6-13(18-19)8-14(9-15,10-16)11-2-4-12(17)5-3-11/h2-7H,8-10H2,1H3. The molecular formula is C14H15Br3N2. The van der Waals surface area contributed by atoms with Crippen molar-refractivity contribution < 1.29 is 0 Å².